The van der Waals surface area contributed by atoms with Crippen LogP contribution in [0.5, 0.6) is 17.2 Å². The summed E-state index contributed by atoms with van der Waals surface area (Å²) in [6.07, 6.45) is 0. The molecule has 442 valence electrons. The number of para-hydroxylation sites is 3. The van der Waals surface area contributed by atoms with E-state index >= 15 is 14.4 Å². The molecule has 12 aromatic rings. The van der Waals surface area contributed by atoms with Gasteiger partial charge in [0.25, 0.3) is 17.7 Å². The van der Waals surface area contributed by atoms with E-state index in [2.05, 4.69) is 82.6 Å². The van der Waals surface area contributed by atoms with Gasteiger partial charge in [-0.1, -0.05) is 200 Å². The van der Waals surface area contributed by atoms with Crippen molar-refractivity contribution in [2.75, 3.05) is 78.7 Å². The molecule has 0 N–H and O–H groups in total. The first-order chi connectivity index (χ1) is 43.9. The molecule has 0 radical (unpaired) electrons. The minimum Gasteiger partial charge on any atom is -0.492 e. The molecule has 3 heterocycles. The van der Waals surface area contributed by atoms with Gasteiger partial charge in [-0.25, -0.2) is 0 Å². The van der Waals surface area contributed by atoms with Gasteiger partial charge in [-0.15, -0.1) is 0 Å². The molecule has 11 heteroatoms. The largest absolute Gasteiger partial charge is 0.492 e. The van der Waals surface area contributed by atoms with Crippen molar-refractivity contribution in [3.8, 4) is 17.2 Å². The molecule has 3 aliphatic rings. The first kappa shape index (κ1) is 56.7. The maximum atomic E-state index is 16.1. The molecule has 0 atom stereocenters. The third kappa shape index (κ3) is 11.9. The predicted molar refractivity (Wildman–Crippen MR) is 357 cm³/mol. The van der Waals surface area contributed by atoms with Gasteiger partial charge in [-0.3, -0.25) is 24.2 Å². The van der Waals surface area contributed by atoms with Gasteiger partial charge < -0.3 is 28.9 Å². The van der Waals surface area contributed by atoms with Gasteiger partial charge in [-0.2, -0.15) is 0 Å². The van der Waals surface area contributed by atoms with E-state index in [0.717, 1.165) is 81.3 Å². The van der Waals surface area contributed by atoms with Gasteiger partial charge in [0.05, 0.1) is 16.7 Å². The molecule has 3 aliphatic heterocycles. The number of carbonyl (C=O) groups excluding carboxylic acids is 3. The highest BCUT2D eigenvalue weighted by atomic mass is 16.5. The lowest BCUT2D eigenvalue weighted by Gasteiger charge is -2.33. The van der Waals surface area contributed by atoms with Crippen molar-refractivity contribution in [2.45, 2.75) is 19.6 Å². The van der Waals surface area contributed by atoms with Crippen LogP contribution in [0.25, 0.3) is 64.6 Å². The maximum Gasteiger partial charge on any atom is 0.255 e. The first-order valence-corrected chi connectivity index (χ1v) is 31.0. The minimum absolute atomic E-state index is 0.101. The summed E-state index contributed by atoms with van der Waals surface area (Å²) in [5, 5.41) is 11.2. The van der Waals surface area contributed by atoms with Crippen molar-refractivity contribution in [2.24, 2.45) is 0 Å². The number of ether oxygens (including phenoxy) is 3. The second kappa shape index (κ2) is 25.7. The number of hydrogen-bond acceptors (Lipinski definition) is 8. The Morgan fingerprint density at radius 1 is 0.258 bits per heavy atom. The number of fused-ring (bicyclic) bond motifs is 21. The number of benzene rings is 12. The fraction of sp³-hybridized carbons (Fsp3) is 0.192. The van der Waals surface area contributed by atoms with Crippen LogP contribution in [-0.4, -0.2) is 121 Å². The predicted octanol–water partition coefficient (Wildman–Crippen LogP) is 14.7. The Kier molecular flexibility index (Phi) is 16.4. The molecule has 0 aliphatic carbocycles. The van der Waals surface area contributed by atoms with Crippen molar-refractivity contribution >= 4 is 82.4 Å². The summed E-state index contributed by atoms with van der Waals surface area (Å²) in [5.41, 5.74) is 4.57. The lowest BCUT2D eigenvalue weighted by atomic mass is 9.95. The van der Waals surface area contributed by atoms with Crippen molar-refractivity contribution in [3.63, 3.8) is 0 Å². The van der Waals surface area contributed by atoms with Gasteiger partial charge in [0.15, 0.2) is 0 Å². The molecule has 0 fully saturated rings. The molecule has 0 aromatic heterocycles. The molecule has 2 bridgehead atoms. The summed E-state index contributed by atoms with van der Waals surface area (Å²) in [5.74, 6) is 1.81. The van der Waals surface area contributed by atoms with Crippen molar-refractivity contribution in [1.82, 2.24) is 24.5 Å². The summed E-state index contributed by atoms with van der Waals surface area (Å²) in [6, 6.07) is 79.5. The fourth-order valence-corrected chi connectivity index (χ4v) is 13.2. The molecule has 3 amide bonds. The van der Waals surface area contributed by atoms with Crippen molar-refractivity contribution in [3.05, 3.63) is 270 Å². The maximum absolute atomic E-state index is 16.1. The van der Waals surface area contributed by atoms with Crippen LogP contribution in [0.2, 0.25) is 0 Å². The van der Waals surface area contributed by atoms with E-state index in [1.165, 1.54) is 0 Å². The van der Waals surface area contributed by atoms with Crippen molar-refractivity contribution in [1.29, 1.82) is 0 Å². The minimum atomic E-state index is -0.101. The smallest absolute Gasteiger partial charge is 0.255 e. The number of rotatable bonds is 3. The van der Waals surface area contributed by atoms with Gasteiger partial charge in [0.2, 0.25) is 0 Å². The number of nitrogens with zero attached hydrogens (tertiary/aromatic N) is 5. The summed E-state index contributed by atoms with van der Waals surface area (Å²) >= 11 is 0. The highest BCUT2D eigenvalue weighted by Crippen LogP contribution is 2.35. The van der Waals surface area contributed by atoms with E-state index in [1.807, 2.05) is 178 Å². The third-order valence-corrected chi connectivity index (χ3v) is 17.9. The summed E-state index contributed by atoms with van der Waals surface area (Å²) in [7, 11) is 0. The van der Waals surface area contributed by atoms with Crippen LogP contribution in [0.4, 0.5) is 0 Å². The van der Waals surface area contributed by atoms with Crippen LogP contribution in [0, 0.1) is 0 Å². The van der Waals surface area contributed by atoms with E-state index in [-0.39, 0.29) is 37.4 Å². The van der Waals surface area contributed by atoms with Crippen LogP contribution >= 0.6 is 0 Å². The topological polar surface area (TPSA) is 95.1 Å². The van der Waals surface area contributed by atoms with Crippen LogP contribution in [-0.2, 0) is 19.6 Å². The average Bonchev–Trinajstić information content (AvgIpc) is 2.87. The van der Waals surface area contributed by atoms with E-state index < -0.39 is 0 Å². The molecular formula is C78H69N5O6. The summed E-state index contributed by atoms with van der Waals surface area (Å²) < 4.78 is 20.4. The highest BCUT2D eigenvalue weighted by molar-refractivity contribution is 6.20. The number of amides is 3. The molecule has 12 aromatic carbocycles. The Hall–Kier alpha value is -10.1. The fourth-order valence-electron chi connectivity index (χ4n) is 13.2. The number of hydrogen-bond donors (Lipinski definition) is 0. The van der Waals surface area contributed by atoms with Crippen molar-refractivity contribution < 1.29 is 28.6 Å². The molecule has 0 saturated heterocycles. The van der Waals surface area contributed by atoms with Gasteiger partial charge >= 0.3 is 0 Å². The lowest BCUT2D eigenvalue weighted by Crippen LogP contribution is -2.46. The standard InChI is InChI=1S/C78H69N5O6/c84-76(73-64-28-10-1-19-55(64)49-56-20-2-11-29-65(56)73)81-40-37-79-38-41-82(77(85)74-66-30-12-3-21-57(66)50-58-22-4-13-31-67(58)74)53-62-26-8-17-35-71(62)88-47-44-80(43-46-87-70-34-16-7-25-61(70)52-81)45-48-89-72-36-18-9-27-63(72)54-83(42-39-79)78(86)75-68-32-14-5-23-59(68)51-60-24-6-15-33-69(60)75/h1-36,49-51H,37-48,52-54H2. The first-order valence-electron chi connectivity index (χ1n) is 31.0. The Balaban J connectivity index is 0.931. The third-order valence-electron chi connectivity index (χ3n) is 17.9. The van der Waals surface area contributed by atoms with Gasteiger partial charge in [-0.05, 0) is 101 Å². The Labute approximate surface area is 518 Å². The van der Waals surface area contributed by atoms with E-state index in [0.29, 0.717) is 113 Å². The summed E-state index contributed by atoms with van der Waals surface area (Å²) in [6.45, 7) is 5.59. The van der Waals surface area contributed by atoms with Gasteiger partial charge in [0.1, 0.15) is 37.1 Å². The van der Waals surface area contributed by atoms with Gasteiger partial charge in [0, 0.05) is 95.2 Å². The molecule has 0 saturated carbocycles. The second-order valence-corrected chi connectivity index (χ2v) is 23.3. The Morgan fingerprint density at radius 2 is 0.483 bits per heavy atom. The average molecular weight is 1170 g/mol. The highest BCUT2D eigenvalue weighted by Gasteiger charge is 2.29. The molecule has 15 rings (SSSR count). The zero-order valence-corrected chi connectivity index (χ0v) is 49.8. The normalized spacial score (nSPS) is 16.7. The van der Waals surface area contributed by atoms with Crippen LogP contribution < -0.4 is 14.2 Å². The van der Waals surface area contributed by atoms with Crippen LogP contribution in [0.3, 0.4) is 0 Å². The Bertz CT molecular complexity index is 4000. The van der Waals surface area contributed by atoms with E-state index in [4.69, 9.17) is 14.2 Å². The van der Waals surface area contributed by atoms with Crippen LogP contribution in [0.1, 0.15) is 47.8 Å². The molecule has 0 unspecified atom stereocenters. The second-order valence-electron chi connectivity index (χ2n) is 23.3. The number of carbonyl (C=O) groups is 3. The summed E-state index contributed by atoms with van der Waals surface area (Å²) in [4.78, 5) is 59.0. The molecule has 11 nitrogen and oxygen atoms in total. The zero-order chi connectivity index (χ0) is 60.0. The van der Waals surface area contributed by atoms with E-state index in [1.54, 1.807) is 0 Å². The SMILES string of the molecule is O=C(c1c2ccccc2cc2ccccc12)N1CCN2CCN(C(=O)c3c4ccccc4cc4ccccc34)Cc3ccccc3OCCN(CCOc3ccccc3C1)CCOc1ccccc1CN(C(=O)c1c3ccccc3cc3ccccc13)CC2. The quantitative estimate of drug-likeness (QED) is 0.162. The Morgan fingerprint density at radius 3 is 0.753 bits per heavy atom. The monoisotopic (exact) mass is 1170 g/mol. The zero-order valence-electron chi connectivity index (χ0n) is 49.8. The lowest BCUT2D eigenvalue weighted by molar-refractivity contribution is 0.0665. The molecule has 0 spiro atoms. The molecular weight excluding hydrogens is 1100 g/mol. The van der Waals surface area contributed by atoms with Crippen LogP contribution in [0.15, 0.2) is 237 Å². The molecule has 89 heavy (non-hydrogen) atoms. The van der Waals surface area contributed by atoms with E-state index in [9.17, 15) is 0 Å².